The summed E-state index contributed by atoms with van der Waals surface area (Å²) in [5, 5.41) is 5.60. The number of hydrogen-bond acceptors (Lipinski definition) is 6. The molecule has 0 aliphatic carbocycles. The molecule has 0 unspecified atom stereocenters. The van der Waals surface area contributed by atoms with E-state index in [1.807, 2.05) is 6.92 Å². The van der Waals surface area contributed by atoms with Crippen LogP contribution >= 0.6 is 0 Å². The number of hydrogen-bond donors (Lipinski definition) is 2. The first-order chi connectivity index (χ1) is 16.8. The average molecular weight is 498 g/mol. The Labute approximate surface area is 204 Å². The van der Waals surface area contributed by atoms with Gasteiger partial charge in [-0.1, -0.05) is 30.3 Å². The van der Waals surface area contributed by atoms with Crippen molar-refractivity contribution in [2.24, 2.45) is 0 Å². The van der Waals surface area contributed by atoms with Gasteiger partial charge in [0.15, 0.2) is 5.76 Å². The predicted octanol–water partition coefficient (Wildman–Crippen LogP) is 2.93. The summed E-state index contributed by atoms with van der Waals surface area (Å²) in [5.41, 5.74) is 3.01. The van der Waals surface area contributed by atoms with Crippen LogP contribution in [0.15, 0.2) is 65.3 Å². The molecule has 35 heavy (non-hydrogen) atoms. The zero-order chi connectivity index (χ0) is 24.8. The van der Waals surface area contributed by atoms with E-state index in [-0.39, 0.29) is 24.0 Å². The quantitative estimate of drug-likeness (QED) is 0.494. The van der Waals surface area contributed by atoms with Crippen LogP contribution in [-0.4, -0.2) is 50.8 Å². The molecule has 0 spiro atoms. The molecule has 0 radical (unpaired) electrons. The van der Waals surface area contributed by atoms with E-state index in [1.54, 1.807) is 54.6 Å². The summed E-state index contributed by atoms with van der Waals surface area (Å²) in [4.78, 5) is 25.2. The van der Waals surface area contributed by atoms with Gasteiger partial charge in [0.05, 0.1) is 25.2 Å². The number of carbonyl (C=O) groups excluding carboxylic acids is 2. The second-order valence-electron chi connectivity index (χ2n) is 8.18. The molecule has 2 heterocycles. The number of nitrogens with one attached hydrogen (secondary N) is 2. The molecule has 4 rings (SSSR count). The second-order valence-corrected chi connectivity index (χ2v) is 10.1. The summed E-state index contributed by atoms with van der Waals surface area (Å²) >= 11 is 0. The summed E-state index contributed by atoms with van der Waals surface area (Å²) in [6.07, 6.45) is 1.41. The van der Waals surface area contributed by atoms with Crippen LogP contribution in [0.1, 0.15) is 37.6 Å². The molecule has 2 N–H and O–H groups in total. The minimum absolute atomic E-state index is 0.146. The van der Waals surface area contributed by atoms with E-state index in [0.29, 0.717) is 43.1 Å². The number of rotatable bonds is 8. The number of nitrogens with zero attached hydrogens (tertiary/aromatic N) is 1. The van der Waals surface area contributed by atoms with Crippen molar-refractivity contribution in [3.63, 3.8) is 0 Å². The van der Waals surface area contributed by atoms with Crippen molar-refractivity contribution < 1.29 is 27.2 Å². The van der Waals surface area contributed by atoms with Gasteiger partial charge in [-0.25, -0.2) is 8.42 Å². The number of sulfonamides is 1. The van der Waals surface area contributed by atoms with Gasteiger partial charge in [-0.15, -0.1) is 0 Å². The highest BCUT2D eigenvalue weighted by Crippen LogP contribution is 2.20. The Hall–Kier alpha value is -3.47. The SMILES string of the molecule is Cc1ccc(C(=O)NCc2ccccc2CS(=O)(=O)N2CCOCC2)cc1NC(=O)c1ccco1. The van der Waals surface area contributed by atoms with Crippen LogP contribution in [0.4, 0.5) is 5.69 Å². The Bertz CT molecular complexity index is 1300. The summed E-state index contributed by atoms with van der Waals surface area (Å²) in [5.74, 6) is -0.731. The van der Waals surface area contributed by atoms with Crippen molar-refractivity contribution in [3.05, 3.63) is 88.9 Å². The maximum atomic E-state index is 12.9. The van der Waals surface area contributed by atoms with Crippen molar-refractivity contribution in [1.29, 1.82) is 0 Å². The summed E-state index contributed by atoms with van der Waals surface area (Å²) < 4.78 is 37.5. The lowest BCUT2D eigenvalue weighted by molar-refractivity contribution is 0.0729. The van der Waals surface area contributed by atoms with E-state index in [0.717, 1.165) is 11.1 Å². The lowest BCUT2D eigenvalue weighted by Crippen LogP contribution is -2.41. The van der Waals surface area contributed by atoms with Gasteiger partial charge >= 0.3 is 0 Å². The molecular formula is C25H27N3O6S. The standard InChI is InChI=1S/C25H27N3O6S/c1-18-8-9-19(15-22(18)27-25(30)23-7-4-12-34-23)24(29)26-16-20-5-2-3-6-21(20)17-35(31,32)28-10-13-33-14-11-28/h2-9,12,15H,10-11,13-14,16-17H2,1H3,(H,26,29)(H,27,30). The summed E-state index contributed by atoms with van der Waals surface area (Å²) in [7, 11) is -3.50. The van der Waals surface area contributed by atoms with E-state index >= 15 is 0 Å². The van der Waals surface area contributed by atoms with Gasteiger partial charge in [-0.2, -0.15) is 4.31 Å². The molecular weight excluding hydrogens is 470 g/mol. The fourth-order valence-electron chi connectivity index (χ4n) is 3.75. The van der Waals surface area contributed by atoms with Crippen LogP contribution in [0.25, 0.3) is 0 Å². The number of carbonyl (C=O) groups is 2. The topological polar surface area (TPSA) is 118 Å². The first-order valence-electron chi connectivity index (χ1n) is 11.2. The molecule has 10 heteroatoms. The molecule has 9 nitrogen and oxygen atoms in total. The van der Waals surface area contributed by atoms with Crippen molar-refractivity contribution >= 4 is 27.5 Å². The summed E-state index contributed by atoms with van der Waals surface area (Å²) in [6, 6.07) is 15.3. The van der Waals surface area contributed by atoms with Gasteiger partial charge in [0.1, 0.15) is 0 Å². The van der Waals surface area contributed by atoms with Crippen molar-refractivity contribution in [2.45, 2.75) is 19.2 Å². The maximum Gasteiger partial charge on any atom is 0.291 e. The van der Waals surface area contributed by atoms with Crippen LogP contribution in [0.3, 0.4) is 0 Å². The van der Waals surface area contributed by atoms with Crippen LogP contribution in [0.5, 0.6) is 0 Å². The number of aryl methyl sites for hydroxylation is 1. The van der Waals surface area contributed by atoms with Gasteiger partial charge in [-0.3, -0.25) is 9.59 Å². The van der Waals surface area contributed by atoms with E-state index in [9.17, 15) is 18.0 Å². The Morgan fingerprint density at radius 2 is 1.71 bits per heavy atom. The van der Waals surface area contributed by atoms with Crippen LogP contribution in [-0.2, 0) is 27.1 Å². The molecule has 184 valence electrons. The first-order valence-corrected chi connectivity index (χ1v) is 12.8. The number of anilines is 1. The smallest absolute Gasteiger partial charge is 0.291 e. The van der Waals surface area contributed by atoms with Crippen molar-refractivity contribution in [3.8, 4) is 0 Å². The van der Waals surface area contributed by atoms with Gasteiger partial charge in [0, 0.05) is 30.9 Å². The number of morpholine rings is 1. The molecule has 3 aromatic rings. The van der Waals surface area contributed by atoms with Gasteiger partial charge in [0.25, 0.3) is 11.8 Å². The second kappa shape index (κ2) is 10.9. The van der Waals surface area contributed by atoms with Gasteiger partial charge < -0.3 is 19.8 Å². The van der Waals surface area contributed by atoms with Crippen LogP contribution < -0.4 is 10.6 Å². The Morgan fingerprint density at radius 3 is 2.43 bits per heavy atom. The zero-order valence-electron chi connectivity index (χ0n) is 19.3. The number of furan rings is 1. The fraction of sp³-hybridized carbons (Fsp3) is 0.280. The Morgan fingerprint density at radius 1 is 0.971 bits per heavy atom. The fourth-order valence-corrected chi connectivity index (χ4v) is 5.31. The monoisotopic (exact) mass is 497 g/mol. The minimum Gasteiger partial charge on any atom is -0.459 e. The Balaban J connectivity index is 1.43. The highest BCUT2D eigenvalue weighted by atomic mass is 32.2. The first kappa shape index (κ1) is 24.6. The molecule has 2 amide bonds. The molecule has 0 atom stereocenters. The minimum atomic E-state index is -3.50. The molecule has 2 aromatic carbocycles. The predicted molar refractivity (Wildman–Crippen MR) is 130 cm³/mol. The molecule has 1 aromatic heterocycles. The normalized spacial score (nSPS) is 14.4. The molecule has 1 aliphatic rings. The third kappa shape index (κ3) is 6.16. The molecule has 1 aliphatic heterocycles. The highest BCUT2D eigenvalue weighted by Gasteiger charge is 2.25. The number of benzene rings is 2. The average Bonchev–Trinajstić information content (AvgIpc) is 3.40. The maximum absolute atomic E-state index is 12.9. The third-order valence-corrected chi connectivity index (χ3v) is 7.58. The van der Waals surface area contributed by atoms with E-state index in [4.69, 9.17) is 9.15 Å². The van der Waals surface area contributed by atoms with Gasteiger partial charge in [0.2, 0.25) is 10.0 Å². The number of ether oxygens (including phenoxy) is 1. The van der Waals surface area contributed by atoms with Gasteiger partial charge in [-0.05, 0) is 47.9 Å². The van der Waals surface area contributed by atoms with E-state index in [1.165, 1.54) is 10.6 Å². The summed E-state index contributed by atoms with van der Waals surface area (Å²) in [6.45, 7) is 3.44. The Kier molecular flexibility index (Phi) is 7.64. The molecule has 0 bridgehead atoms. The van der Waals surface area contributed by atoms with E-state index in [2.05, 4.69) is 10.6 Å². The lowest BCUT2D eigenvalue weighted by atomic mass is 10.1. The number of amides is 2. The van der Waals surface area contributed by atoms with Crippen molar-refractivity contribution in [2.75, 3.05) is 31.6 Å². The van der Waals surface area contributed by atoms with Crippen molar-refractivity contribution in [1.82, 2.24) is 9.62 Å². The molecule has 1 saturated heterocycles. The van der Waals surface area contributed by atoms with Crippen LogP contribution in [0, 0.1) is 6.92 Å². The molecule has 0 saturated carbocycles. The highest BCUT2D eigenvalue weighted by molar-refractivity contribution is 7.88. The third-order valence-electron chi connectivity index (χ3n) is 5.75. The van der Waals surface area contributed by atoms with Crippen LogP contribution in [0.2, 0.25) is 0 Å². The largest absolute Gasteiger partial charge is 0.459 e. The zero-order valence-corrected chi connectivity index (χ0v) is 20.1. The molecule has 1 fully saturated rings. The lowest BCUT2D eigenvalue weighted by Gasteiger charge is -2.26. The van der Waals surface area contributed by atoms with E-state index < -0.39 is 15.9 Å².